The van der Waals surface area contributed by atoms with Gasteiger partial charge in [0, 0.05) is 10.9 Å². The highest BCUT2D eigenvalue weighted by molar-refractivity contribution is 7.99. The van der Waals surface area contributed by atoms with E-state index in [0.717, 1.165) is 21.4 Å². The Bertz CT molecular complexity index is 913. The number of thioether (sulfide) groups is 1. The molecule has 0 fully saturated rings. The minimum atomic E-state index is -0.868. The van der Waals surface area contributed by atoms with Crippen LogP contribution >= 0.6 is 11.8 Å². The third kappa shape index (κ3) is 2.92. The zero-order chi connectivity index (χ0) is 17.3. The number of carboxylic acid groups (broad SMARTS) is 1. The van der Waals surface area contributed by atoms with Gasteiger partial charge in [0.1, 0.15) is 11.3 Å². The number of carboxylic acids is 1. The number of phenolic OH excluding ortho intramolecular Hbond substituents is 1. The van der Waals surface area contributed by atoms with Crippen LogP contribution in [-0.2, 0) is 11.2 Å². The van der Waals surface area contributed by atoms with Gasteiger partial charge in [0.15, 0.2) is 11.5 Å². The van der Waals surface area contributed by atoms with Crippen LogP contribution in [0.1, 0.15) is 5.56 Å². The molecule has 0 aliphatic carbocycles. The molecule has 0 aliphatic rings. The monoisotopic (exact) mass is 344 g/mol. The Labute approximate surface area is 142 Å². The summed E-state index contributed by atoms with van der Waals surface area (Å²) in [6.45, 7) is 0. The molecule has 3 aromatic rings. The lowest BCUT2D eigenvalue weighted by atomic mass is 10.1. The summed E-state index contributed by atoms with van der Waals surface area (Å²) in [5.41, 5.74) is 2.20. The predicted molar refractivity (Wildman–Crippen MR) is 93.0 cm³/mol. The number of fused-ring (bicyclic) bond motifs is 1. The van der Waals surface area contributed by atoms with Gasteiger partial charge >= 0.3 is 5.97 Å². The van der Waals surface area contributed by atoms with Crippen LogP contribution in [0.2, 0.25) is 0 Å². The number of hydrogen-bond donors (Lipinski definition) is 2. The van der Waals surface area contributed by atoms with Crippen molar-refractivity contribution in [2.75, 3.05) is 13.4 Å². The Kier molecular flexibility index (Phi) is 4.40. The van der Waals surface area contributed by atoms with E-state index >= 15 is 0 Å². The maximum Gasteiger partial charge on any atom is 0.307 e. The molecule has 2 aromatic carbocycles. The number of furan rings is 1. The highest BCUT2D eigenvalue weighted by Crippen LogP contribution is 2.41. The number of aromatic hydroxyl groups is 1. The predicted octanol–water partition coefficient (Wildman–Crippen LogP) is 4.16. The van der Waals surface area contributed by atoms with Crippen molar-refractivity contribution in [2.24, 2.45) is 0 Å². The first kappa shape index (κ1) is 16.3. The second-order valence-corrected chi connectivity index (χ2v) is 6.07. The number of carbonyl (C=O) groups is 1. The molecule has 0 unspecified atom stereocenters. The maximum atomic E-state index is 10.9. The number of hydrogen-bond acceptors (Lipinski definition) is 5. The van der Waals surface area contributed by atoms with E-state index in [1.165, 1.54) is 18.9 Å². The second-order valence-electron chi connectivity index (χ2n) is 5.25. The number of methoxy groups -OCH3 is 1. The fourth-order valence-electron chi connectivity index (χ4n) is 2.62. The third-order valence-corrected chi connectivity index (χ3v) is 4.52. The zero-order valence-electron chi connectivity index (χ0n) is 13.2. The second kappa shape index (κ2) is 6.49. The molecule has 24 heavy (non-hydrogen) atoms. The van der Waals surface area contributed by atoms with Gasteiger partial charge in [0.25, 0.3) is 0 Å². The molecule has 0 spiro atoms. The Hall–Kier alpha value is -2.60. The molecule has 6 heteroatoms. The zero-order valence-corrected chi connectivity index (χ0v) is 14.0. The maximum absolute atomic E-state index is 10.9. The number of benzene rings is 2. The molecule has 0 amide bonds. The SMILES string of the molecule is COc1cc(-c2oc3ccc(CC(=O)O)cc3c2SC)ccc1O. The van der Waals surface area contributed by atoms with Crippen molar-refractivity contribution in [1.29, 1.82) is 0 Å². The minimum Gasteiger partial charge on any atom is -0.504 e. The number of ether oxygens (including phenoxy) is 1. The van der Waals surface area contributed by atoms with Gasteiger partial charge in [-0.1, -0.05) is 6.07 Å². The van der Waals surface area contributed by atoms with Gasteiger partial charge < -0.3 is 19.4 Å². The van der Waals surface area contributed by atoms with Crippen LogP contribution in [0.15, 0.2) is 45.7 Å². The molecule has 0 saturated heterocycles. The van der Waals surface area contributed by atoms with Crippen LogP contribution in [0, 0.1) is 0 Å². The normalized spacial score (nSPS) is 10.9. The average Bonchev–Trinajstić information content (AvgIpc) is 2.92. The Morgan fingerprint density at radius 2 is 2.04 bits per heavy atom. The molecule has 0 radical (unpaired) electrons. The van der Waals surface area contributed by atoms with Crippen molar-refractivity contribution < 1.29 is 24.2 Å². The summed E-state index contributed by atoms with van der Waals surface area (Å²) in [6.07, 6.45) is 1.91. The summed E-state index contributed by atoms with van der Waals surface area (Å²) >= 11 is 1.53. The molecular weight excluding hydrogens is 328 g/mol. The fourth-order valence-corrected chi connectivity index (χ4v) is 3.34. The lowest BCUT2D eigenvalue weighted by Gasteiger charge is -2.06. The molecular formula is C18H16O5S. The summed E-state index contributed by atoms with van der Waals surface area (Å²) in [6, 6.07) is 10.4. The van der Waals surface area contributed by atoms with Gasteiger partial charge in [0.05, 0.1) is 18.4 Å². The summed E-state index contributed by atoms with van der Waals surface area (Å²) < 4.78 is 11.1. The Morgan fingerprint density at radius 3 is 2.71 bits per heavy atom. The number of phenols is 1. The Morgan fingerprint density at radius 1 is 1.25 bits per heavy atom. The van der Waals surface area contributed by atoms with E-state index in [0.29, 0.717) is 17.1 Å². The van der Waals surface area contributed by atoms with Crippen molar-refractivity contribution in [3.05, 3.63) is 42.0 Å². The van der Waals surface area contributed by atoms with Crippen molar-refractivity contribution in [3.8, 4) is 22.8 Å². The topological polar surface area (TPSA) is 79.9 Å². The smallest absolute Gasteiger partial charge is 0.307 e. The summed E-state index contributed by atoms with van der Waals surface area (Å²) in [5, 5.41) is 19.6. The molecule has 0 saturated carbocycles. The van der Waals surface area contributed by atoms with Crippen LogP contribution in [0.5, 0.6) is 11.5 Å². The lowest BCUT2D eigenvalue weighted by Crippen LogP contribution is -1.99. The van der Waals surface area contributed by atoms with Crippen LogP contribution in [0.25, 0.3) is 22.3 Å². The first-order chi connectivity index (χ1) is 11.5. The lowest BCUT2D eigenvalue weighted by molar-refractivity contribution is -0.136. The standard InChI is InChI=1S/C18H16O5S/c1-22-15-9-11(4-5-13(15)19)17-18(24-2)12-7-10(8-16(20)21)3-6-14(12)23-17/h3-7,9,19H,8H2,1-2H3,(H,20,21). The molecule has 0 atom stereocenters. The van der Waals surface area contributed by atoms with Gasteiger partial charge in [-0.05, 0) is 42.2 Å². The van der Waals surface area contributed by atoms with E-state index < -0.39 is 5.97 Å². The van der Waals surface area contributed by atoms with Crippen molar-refractivity contribution >= 4 is 28.7 Å². The molecule has 2 N–H and O–H groups in total. The van der Waals surface area contributed by atoms with Gasteiger partial charge in [-0.15, -0.1) is 11.8 Å². The highest BCUT2D eigenvalue weighted by atomic mass is 32.2. The van der Waals surface area contributed by atoms with Gasteiger partial charge in [-0.3, -0.25) is 4.79 Å². The van der Waals surface area contributed by atoms with Crippen molar-refractivity contribution in [3.63, 3.8) is 0 Å². The molecule has 0 bridgehead atoms. The molecule has 1 aromatic heterocycles. The van der Waals surface area contributed by atoms with E-state index in [9.17, 15) is 9.90 Å². The quantitative estimate of drug-likeness (QED) is 0.677. The van der Waals surface area contributed by atoms with Crippen LogP contribution < -0.4 is 4.74 Å². The molecule has 3 rings (SSSR count). The number of aliphatic carboxylic acids is 1. The van der Waals surface area contributed by atoms with E-state index in [4.69, 9.17) is 14.3 Å². The van der Waals surface area contributed by atoms with Crippen molar-refractivity contribution in [2.45, 2.75) is 11.3 Å². The van der Waals surface area contributed by atoms with Crippen LogP contribution in [-0.4, -0.2) is 29.5 Å². The van der Waals surface area contributed by atoms with E-state index in [-0.39, 0.29) is 12.2 Å². The summed E-state index contributed by atoms with van der Waals surface area (Å²) in [5.74, 6) is 0.230. The third-order valence-electron chi connectivity index (χ3n) is 3.71. The molecule has 1 heterocycles. The van der Waals surface area contributed by atoms with Crippen molar-refractivity contribution in [1.82, 2.24) is 0 Å². The largest absolute Gasteiger partial charge is 0.504 e. The number of rotatable bonds is 5. The van der Waals surface area contributed by atoms with Gasteiger partial charge in [-0.2, -0.15) is 0 Å². The van der Waals surface area contributed by atoms with Gasteiger partial charge in [-0.25, -0.2) is 0 Å². The summed E-state index contributed by atoms with van der Waals surface area (Å²) in [4.78, 5) is 11.8. The summed E-state index contributed by atoms with van der Waals surface area (Å²) in [7, 11) is 1.49. The molecule has 0 aliphatic heterocycles. The Balaban J connectivity index is 2.16. The van der Waals surface area contributed by atoms with Gasteiger partial charge in [0.2, 0.25) is 0 Å². The molecule has 5 nitrogen and oxygen atoms in total. The molecule has 124 valence electrons. The fraction of sp³-hybridized carbons (Fsp3) is 0.167. The van der Waals surface area contributed by atoms with E-state index in [1.54, 1.807) is 30.3 Å². The first-order valence-corrected chi connectivity index (χ1v) is 8.44. The van der Waals surface area contributed by atoms with E-state index in [1.807, 2.05) is 12.3 Å². The minimum absolute atomic E-state index is 0.0304. The first-order valence-electron chi connectivity index (χ1n) is 7.22. The van der Waals surface area contributed by atoms with Crippen LogP contribution in [0.3, 0.4) is 0 Å². The highest BCUT2D eigenvalue weighted by Gasteiger charge is 2.17. The van der Waals surface area contributed by atoms with E-state index in [2.05, 4.69) is 0 Å². The average molecular weight is 344 g/mol. The van der Waals surface area contributed by atoms with Crippen LogP contribution in [0.4, 0.5) is 0 Å².